The number of carbonyl (C=O) groups is 1. The second-order valence-electron chi connectivity index (χ2n) is 5.39. The van der Waals surface area contributed by atoms with Gasteiger partial charge in [-0.3, -0.25) is 4.79 Å². The molecule has 2 N–H and O–H groups in total. The Morgan fingerprint density at radius 3 is 2.64 bits per heavy atom. The van der Waals surface area contributed by atoms with E-state index in [0.29, 0.717) is 0 Å². The molecular formula is C16H16ClF3N4O. The van der Waals surface area contributed by atoms with Crippen LogP contribution < -0.4 is 10.6 Å². The first kappa shape index (κ1) is 19.0. The SMILES string of the molecule is CCC(C)NC(=O)c1cc(Nc2cc(C(F)(F)F)ccc2Cl)ncn1. The van der Waals surface area contributed by atoms with Crippen molar-refractivity contribution in [3.8, 4) is 0 Å². The molecule has 0 aliphatic rings. The van der Waals surface area contributed by atoms with E-state index >= 15 is 0 Å². The summed E-state index contributed by atoms with van der Waals surface area (Å²) in [5.41, 5.74) is -0.715. The Kier molecular flexibility index (Phi) is 5.84. The number of alkyl halides is 3. The van der Waals surface area contributed by atoms with Crippen molar-refractivity contribution in [3.05, 3.63) is 46.9 Å². The number of carbonyl (C=O) groups excluding carboxylic acids is 1. The van der Waals surface area contributed by atoms with E-state index in [0.717, 1.165) is 30.9 Å². The summed E-state index contributed by atoms with van der Waals surface area (Å²) >= 11 is 5.93. The number of nitrogens with zero attached hydrogens (tertiary/aromatic N) is 2. The molecule has 0 aliphatic carbocycles. The molecule has 2 aromatic rings. The van der Waals surface area contributed by atoms with E-state index in [-0.39, 0.29) is 28.3 Å². The Morgan fingerprint density at radius 2 is 2.00 bits per heavy atom. The monoisotopic (exact) mass is 372 g/mol. The molecule has 1 atom stereocenters. The highest BCUT2D eigenvalue weighted by Gasteiger charge is 2.31. The van der Waals surface area contributed by atoms with Crippen LogP contribution in [-0.4, -0.2) is 21.9 Å². The second kappa shape index (κ2) is 7.69. The summed E-state index contributed by atoms with van der Waals surface area (Å²) in [6, 6.07) is 4.22. The summed E-state index contributed by atoms with van der Waals surface area (Å²) in [6.45, 7) is 3.77. The van der Waals surface area contributed by atoms with Gasteiger partial charge in [-0.15, -0.1) is 0 Å². The van der Waals surface area contributed by atoms with Crippen LogP contribution >= 0.6 is 11.6 Å². The largest absolute Gasteiger partial charge is 0.416 e. The fourth-order valence-electron chi connectivity index (χ4n) is 1.89. The molecule has 134 valence electrons. The molecule has 1 amide bonds. The maximum atomic E-state index is 12.8. The zero-order valence-corrected chi connectivity index (χ0v) is 14.2. The lowest BCUT2D eigenvalue weighted by atomic mass is 10.2. The second-order valence-corrected chi connectivity index (χ2v) is 5.80. The predicted octanol–water partition coefficient (Wildman–Crippen LogP) is 4.42. The molecule has 0 saturated heterocycles. The molecule has 0 fully saturated rings. The molecule has 1 aromatic carbocycles. The molecule has 0 aliphatic heterocycles. The normalized spacial score (nSPS) is 12.6. The van der Waals surface area contributed by atoms with E-state index in [1.54, 1.807) is 0 Å². The minimum atomic E-state index is -4.49. The van der Waals surface area contributed by atoms with Crippen LogP contribution in [0.25, 0.3) is 0 Å². The van der Waals surface area contributed by atoms with Crippen molar-refractivity contribution in [1.82, 2.24) is 15.3 Å². The van der Waals surface area contributed by atoms with Crippen molar-refractivity contribution in [1.29, 1.82) is 0 Å². The van der Waals surface area contributed by atoms with Crippen LogP contribution in [0.4, 0.5) is 24.7 Å². The number of hydrogen-bond donors (Lipinski definition) is 2. The summed E-state index contributed by atoms with van der Waals surface area (Å²) in [7, 11) is 0. The fourth-order valence-corrected chi connectivity index (χ4v) is 2.05. The van der Waals surface area contributed by atoms with Gasteiger partial charge in [0.15, 0.2) is 0 Å². The lowest BCUT2D eigenvalue weighted by Crippen LogP contribution is -2.32. The summed E-state index contributed by atoms with van der Waals surface area (Å²) in [5, 5.41) is 5.52. The third-order valence-electron chi connectivity index (χ3n) is 3.45. The van der Waals surface area contributed by atoms with Gasteiger partial charge in [-0.1, -0.05) is 18.5 Å². The quantitative estimate of drug-likeness (QED) is 0.815. The molecular weight excluding hydrogens is 357 g/mol. The lowest BCUT2D eigenvalue weighted by molar-refractivity contribution is -0.137. The van der Waals surface area contributed by atoms with E-state index in [4.69, 9.17) is 11.6 Å². The molecule has 0 saturated carbocycles. The van der Waals surface area contributed by atoms with Gasteiger partial charge in [-0.25, -0.2) is 9.97 Å². The lowest BCUT2D eigenvalue weighted by Gasteiger charge is -2.13. The molecule has 2 rings (SSSR count). The Hall–Kier alpha value is -2.35. The molecule has 1 heterocycles. The zero-order valence-electron chi connectivity index (χ0n) is 13.5. The van der Waals surface area contributed by atoms with Crippen LogP contribution in [0.15, 0.2) is 30.6 Å². The molecule has 5 nitrogen and oxygen atoms in total. The molecule has 0 radical (unpaired) electrons. The maximum absolute atomic E-state index is 12.8. The van der Waals surface area contributed by atoms with Gasteiger partial charge in [0.1, 0.15) is 17.8 Å². The Labute approximate surface area is 147 Å². The molecule has 1 aromatic heterocycles. The zero-order chi connectivity index (χ0) is 18.6. The van der Waals surface area contributed by atoms with Gasteiger partial charge < -0.3 is 10.6 Å². The summed E-state index contributed by atoms with van der Waals surface area (Å²) < 4.78 is 38.4. The van der Waals surface area contributed by atoms with Crippen LogP contribution in [0.3, 0.4) is 0 Å². The minimum absolute atomic E-state index is 0.0308. The first-order chi connectivity index (χ1) is 11.7. The number of amides is 1. The number of hydrogen-bond acceptors (Lipinski definition) is 4. The summed E-state index contributed by atoms with van der Waals surface area (Å²) in [5.74, 6) is -0.236. The van der Waals surface area contributed by atoms with Gasteiger partial charge in [0, 0.05) is 12.1 Å². The number of anilines is 2. The first-order valence-electron chi connectivity index (χ1n) is 7.47. The summed E-state index contributed by atoms with van der Waals surface area (Å²) in [4.78, 5) is 19.8. The average molecular weight is 373 g/mol. The van der Waals surface area contributed by atoms with Crippen molar-refractivity contribution in [2.45, 2.75) is 32.5 Å². The Bertz CT molecular complexity index is 767. The number of halogens is 4. The maximum Gasteiger partial charge on any atom is 0.416 e. The van der Waals surface area contributed by atoms with Crippen LogP contribution in [0.1, 0.15) is 36.3 Å². The van der Waals surface area contributed by atoms with Gasteiger partial charge >= 0.3 is 6.18 Å². The fraction of sp³-hybridized carbons (Fsp3) is 0.312. The van der Waals surface area contributed by atoms with Crippen molar-refractivity contribution in [3.63, 3.8) is 0 Å². The number of benzene rings is 1. The van der Waals surface area contributed by atoms with Crippen LogP contribution in [-0.2, 0) is 6.18 Å². The molecule has 9 heteroatoms. The van der Waals surface area contributed by atoms with Crippen molar-refractivity contribution >= 4 is 29.0 Å². The van der Waals surface area contributed by atoms with E-state index in [1.165, 1.54) is 6.07 Å². The molecule has 0 bridgehead atoms. The molecule has 0 spiro atoms. The molecule has 25 heavy (non-hydrogen) atoms. The molecule has 1 unspecified atom stereocenters. The van der Waals surface area contributed by atoms with Gasteiger partial charge in [0.2, 0.25) is 0 Å². The standard InChI is InChI=1S/C16H16ClF3N4O/c1-3-9(2)23-15(25)13-7-14(22-8-21-13)24-12-6-10(16(18,19)20)4-5-11(12)17/h4-9H,3H2,1-2H3,(H,23,25)(H,21,22,24). The highest BCUT2D eigenvalue weighted by Crippen LogP contribution is 2.34. The van der Waals surface area contributed by atoms with Crippen molar-refractivity contribution in [2.24, 2.45) is 0 Å². The highest BCUT2D eigenvalue weighted by molar-refractivity contribution is 6.33. The van der Waals surface area contributed by atoms with Gasteiger partial charge in [-0.05, 0) is 31.5 Å². The Morgan fingerprint density at radius 1 is 1.28 bits per heavy atom. The van der Waals surface area contributed by atoms with Gasteiger partial charge in [-0.2, -0.15) is 13.2 Å². The van der Waals surface area contributed by atoms with Gasteiger partial charge in [0.25, 0.3) is 5.91 Å². The average Bonchev–Trinajstić information content (AvgIpc) is 2.56. The number of aromatic nitrogens is 2. The number of rotatable bonds is 5. The van der Waals surface area contributed by atoms with E-state index < -0.39 is 17.6 Å². The third-order valence-corrected chi connectivity index (χ3v) is 3.78. The third kappa shape index (κ3) is 5.06. The van der Waals surface area contributed by atoms with Crippen molar-refractivity contribution < 1.29 is 18.0 Å². The van der Waals surface area contributed by atoms with Crippen LogP contribution in [0.2, 0.25) is 5.02 Å². The highest BCUT2D eigenvalue weighted by atomic mass is 35.5. The number of nitrogens with one attached hydrogen (secondary N) is 2. The van der Waals surface area contributed by atoms with E-state index in [1.807, 2.05) is 13.8 Å². The van der Waals surface area contributed by atoms with Crippen LogP contribution in [0, 0.1) is 0 Å². The minimum Gasteiger partial charge on any atom is -0.348 e. The van der Waals surface area contributed by atoms with Crippen LogP contribution in [0.5, 0.6) is 0 Å². The van der Waals surface area contributed by atoms with E-state index in [9.17, 15) is 18.0 Å². The smallest absolute Gasteiger partial charge is 0.348 e. The Balaban J connectivity index is 2.24. The topological polar surface area (TPSA) is 66.9 Å². The van der Waals surface area contributed by atoms with E-state index in [2.05, 4.69) is 20.6 Å². The van der Waals surface area contributed by atoms with Gasteiger partial charge in [0.05, 0.1) is 16.3 Å². The predicted molar refractivity (Wildman–Crippen MR) is 89.0 cm³/mol. The van der Waals surface area contributed by atoms with Crippen molar-refractivity contribution in [2.75, 3.05) is 5.32 Å². The first-order valence-corrected chi connectivity index (χ1v) is 7.85. The summed E-state index contributed by atoms with van der Waals surface area (Å²) in [6.07, 6.45) is -2.59.